The third kappa shape index (κ3) is 21.8. The van der Waals surface area contributed by atoms with Crippen LogP contribution in [0.15, 0.2) is 121 Å². The van der Waals surface area contributed by atoms with E-state index in [1.54, 1.807) is 6.08 Å². The highest BCUT2D eigenvalue weighted by Gasteiger charge is 2.52. The molecule has 10 nitrogen and oxygen atoms in total. The van der Waals surface area contributed by atoms with E-state index in [0.29, 0.717) is 30.6 Å². The van der Waals surface area contributed by atoms with Crippen molar-refractivity contribution in [3.05, 3.63) is 166 Å². The second-order valence-electron chi connectivity index (χ2n) is 29.0. The first-order chi connectivity index (χ1) is 44.4. The third-order valence-electron chi connectivity index (χ3n) is 18.2. The van der Waals surface area contributed by atoms with Gasteiger partial charge in [-0.25, -0.2) is 9.59 Å². The van der Waals surface area contributed by atoms with Gasteiger partial charge in [-0.05, 0) is 155 Å². The number of esters is 2. The Morgan fingerprint density at radius 3 is 1.93 bits per heavy atom. The fraction of sp³-hybridized carbons (Fsp3) is 0.575. The molecule has 0 aromatic heterocycles. The molecule has 4 aromatic rings. The van der Waals surface area contributed by atoms with Gasteiger partial charge >= 0.3 is 11.9 Å². The minimum absolute atomic E-state index is 0.0204. The van der Waals surface area contributed by atoms with Gasteiger partial charge in [-0.2, -0.15) is 0 Å². The standard InChI is InChI=1S/C50H74O5Si2.C28H40O5.2CH4/c1-14-15-18-24-41-34-33-38(3)46(48(51)52-35-36-56(11,12)13)44(41)29-23-30-45-47(54-50(9,10)53-45)39(4)32-31-37(2)40(5)55-57(49(6,7)8,42-25-19-16-20-26-42)43-27-21-17-22-28-43;1-7-8-9-11-21-16-14-19(3)25-22(21)12-10-13-24-26(33-28(5,6)32-24)23(29)17-15-18(2)20(4)31-27(25)30;;/h16-17,19-23,25-29,31-34,37,39-40,45,47H,14-15,18,24,30,35-36H2,1-13H3;10,12,14-18,20,23-24,26,29H,7-9,11,13H2,1-6H3;2*1H4/b29-23+,32-31-;12-10+,17-15-;;/t37-,39?,40+,45+,47-;18-,20+,23?,24+,26-;;/m11../s1/i;;2*1T. The molecule has 92 heavy (non-hydrogen) atoms. The number of hydrogen-bond donors (Lipinski definition) is 1. The quantitative estimate of drug-likeness (QED) is 0.0333. The highest BCUT2D eigenvalue weighted by Crippen LogP contribution is 2.40. The fourth-order valence-corrected chi connectivity index (χ4v) is 18.1. The molecule has 3 aliphatic heterocycles. The Bertz CT molecular complexity index is 3010. The van der Waals surface area contributed by atoms with Crippen LogP contribution in [0.5, 0.6) is 0 Å². The van der Waals surface area contributed by atoms with Crippen LogP contribution in [0.2, 0.25) is 30.7 Å². The second kappa shape index (κ2) is 35.6. The third-order valence-corrected chi connectivity index (χ3v) is 25.0. The van der Waals surface area contributed by atoms with Crippen LogP contribution in [-0.2, 0) is 45.7 Å². The first-order valence-electron chi connectivity index (χ1n) is 35.9. The molecule has 0 aliphatic carbocycles. The minimum Gasteiger partial charge on any atom is -0.462 e. The normalized spacial score (nSPS) is 23.5. The molecular weight excluding hydrogens is 1180 g/mol. The van der Waals surface area contributed by atoms with E-state index < -0.39 is 40.2 Å². The smallest absolute Gasteiger partial charge is 0.339 e. The highest BCUT2D eigenvalue weighted by atomic mass is 28.4. The zero-order valence-corrected chi connectivity index (χ0v) is 62.6. The zero-order valence-electron chi connectivity index (χ0n) is 62.6. The Morgan fingerprint density at radius 1 is 0.772 bits per heavy atom. The highest BCUT2D eigenvalue weighted by molar-refractivity contribution is 6.99. The fourth-order valence-electron chi connectivity index (χ4n) is 12.6. The van der Waals surface area contributed by atoms with Crippen molar-refractivity contribution in [3.8, 4) is 0 Å². The first kappa shape index (κ1) is 76.0. The monoisotopic (exact) mass is 1300 g/mol. The molecule has 0 amide bonds. The molecule has 510 valence electrons. The van der Waals surface area contributed by atoms with Crippen molar-refractivity contribution in [3.63, 3.8) is 0 Å². The molecule has 2 fully saturated rings. The predicted molar refractivity (Wildman–Crippen MR) is 390 cm³/mol. The number of cyclic esters (lactones) is 1. The maximum absolute atomic E-state index is 13.6. The Hall–Kier alpha value is -5.03. The van der Waals surface area contributed by atoms with Crippen LogP contribution in [0.3, 0.4) is 0 Å². The summed E-state index contributed by atoms with van der Waals surface area (Å²) in [5.41, 5.74) is 7.46. The lowest BCUT2D eigenvalue weighted by Gasteiger charge is -2.45. The number of ether oxygens (including phenoxy) is 6. The molecule has 12 heteroatoms. The summed E-state index contributed by atoms with van der Waals surface area (Å²) in [7, 11) is -1.52. The van der Waals surface area contributed by atoms with Crippen LogP contribution in [0.25, 0.3) is 12.2 Å². The van der Waals surface area contributed by atoms with Crippen LogP contribution in [0.4, 0.5) is 0 Å². The van der Waals surface area contributed by atoms with Gasteiger partial charge in [-0.3, -0.25) is 0 Å². The molecule has 0 radical (unpaired) electrons. The van der Waals surface area contributed by atoms with E-state index >= 15 is 0 Å². The maximum Gasteiger partial charge on any atom is 0.339 e. The van der Waals surface area contributed by atoms with E-state index in [1.165, 1.54) is 30.7 Å². The summed E-state index contributed by atoms with van der Waals surface area (Å²) < 4.78 is 56.1. The number of aliphatic hydroxyl groups excluding tert-OH is 1. The molecule has 10 atom stereocenters. The summed E-state index contributed by atoms with van der Waals surface area (Å²) in [6.07, 6.45) is 24.3. The number of carbonyl (C=O) groups is 2. The van der Waals surface area contributed by atoms with Gasteiger partial charge in [0.05, 0.1) is 36.0 Å². The second-order valence-corrected chi connectivity index (χ2v) is 38.9. The minimum atomic E-state index is -2.69. The number of fused-ring (bicyclic) bond motifs is 2. The summed E-state index contributed by atoms with van der Waals surface area (Å²) in [6.45, 7) is 41.1. The van der Waals surface area contributed by atoms with Gasteiger partial charge < -0.3 is 38.0 Å². The van der Waals surface area contributed by atoms with Crippen LogP contribution < -0.4 is 10.4 Å². The Labute approximate surface area is 563 Å². The Kier molecular flexibility index (Phi) is 29.4. The summed E-state index contributed by atoms with van der Waals surface area (Å²) in [5, 5.41) is 13.3. The molecule has 1 N–H and O–H groups in total. The van der Waals surface area contributed by atoms with Crippen molar-refractivity contribution >= 4 is 50.9 Å². The number of aryl methyl sites for hydroxylation is 4. The first-order valence-corrected chi connectivity index (χ1v) is 39.5. The molecule has 2 unspecified atom stereocenters. The van der Waals surface area contributed by atoms with E-state index in [1.807, 2.05) is 79.7 Å². The molecule has 3 heterocycles. The van der Waals surface area contributed by atoms with Crippen LogP contribution in [0.1, 0.15) is 220 Å². The lowest BCUT2D eigenvalue weighted by Crippen LogP contribution is -2.67. The number of aliphatic hydroxyl groups is 1. The molecule has 4 aromatic carbocycles. The number of benzene rings is 4. The largest absolute Gasteiger partial charge is 0.462 e. The Balaban J connectivity index is 0.000000430. The van der Waals surface area contributed by atoms with Crippen LogP contribution >= 0.6 is 0 Å². The predicted octanol–water partition coefficient (Wildman–Crippen LogP) is 19.0. The van der Waals surface area contributed by atoms with Gasteiger partial charge in [-0.1, -0.05) is 249 Å². The lowest BCUT2D eigenvalue weighted by atomic mass is 9.92. The zero-order chi connectivity index (χ0) is 70.2. The van der Waals surface area contributed by atoms with Gasteiger partial charge in [0.15, 0.2) is 11.6 Å². The van der Waals surface area contributed by atoms with Gasteiger partial charge in [0.1, 0.15) is 18.3 Å². The molecule has 0 saturated carbocycles. The lowest BCUT2D eigenvalue weighted by molar-refractivity contribution is -0.152. The van der Waals surface area contributed by atoms with Crippen LogP contribution in [-0.4, -0.2) is 94.3 Å². The van der Waals surface area contributed by atoms with Crippen molar-refractivity contribution in [2.75, 3.05) is 6.61 Å². The number of carbonyl (C=O) groups excluding carboxylic acids is 2. The van der Waals surface area contributed by atoms with Crippen molar-refractivity contribution in [2.24, 2.45) is 17.8 Å². The molecule has 3 aliphatic rings. The molecule has 2 saturated heterocycles. The van der Waals surface area contributed by atoms with E-state index in [0.717, 1.165) is 85.2 Å². The SMILES string of the molecule is CCCCCc1ccc(C)c(C(=O)OCC[Si](C)(C)C)c1/C=C/C[C@@H]1OC(C)(C)O[C@@H]1C(C)/C=C\[C@@H](C)[C@H](C)O[Si](c1ccccc1)(c1ccccc1)C(C)(C)C.CCCCCc1ccc(C)c2c1/C=C/C[C@@H]1OC(C)(C)O[C@@H]1C(O)/C=C\[C@@H](C)[C@H](C)OC2=O.[3H]C.[3H]C. The van der Waals surface area contributed by atoms with Crippen molar-refractivity contribution in [2.45, 2.75) is 275 Å². The number of hydrogen-bond acceptors (Lipinski definition) is 10. The van der Waals surface area contributed by atoms with E-state index in [2.05, 4.69) is 178 Å². The van der Waals surface area contributed by atoms with Crippen molar-refractivity contribution in [1.29, 1.82) is 0 Å². The van der Waals surface area contributed by atoms with Crippen molar-refractivity contribution < 1.29 is 50.3 Å². The van der Waals surface area contributed by atoms with E-state index in [9.17, 15) is 14.7 Å². The number of rotatable bonds is 23. The molecular formula is C80H122O10Si2. The van der Waals surface area contributed by atoms with E-state index in [-0.39, 0.29) is 65.3 Å². The van der Waals surface area contributed by atoms with Crippen LogP contribution in [0, 0.1) is 31.6 Å². The Morgan fingerprint density at radius 2 is 1.35 bits per heavy atom. The van der Waals surface area contributed by atoms with E-state index in [4.69, 9.17) is 35.6 Å². The summed E-state index contributed by atoms with van der Waals surface area (Å²) in [4.78, 5) is 26.9. The van der Waals surface area contributed by atoms with Gasteiger partial charge in [0.25, 0.3) is 8.32 Å². The number of unbranched alkanes of at least 4 members (excludes halogenated alkanes) is 4. The molecule has 0 bridgehead atoms. The maximum atomic E-state index is 13.6. The molecule has 7 rings (SSSR count). The summed E-state index contributed by atoms with van der Waals surface area (Å²) in [6, 6.07) is 31.1. The van der Waals surface area contributed by atoms with Gasteiger partial charge in [0, 0.05) is 28.8 Å². The topological polar surface area (TPSA) is 119 Å². The van der Waals surface area contributed by atoms with Crippen molar-refractivity contribution in [1.82, 2.24) is 0 Å². The van der Waals surface area contributed by atoms with Gasteiger partial charge in [0.2, 0.25) is 0 Å². The molecule has 0 spiro atoms. The summed E-state index contributed by atoms with van der Waals surface area (Å²) >= 11 is 0. The summed E-state index contributed by atoms with van der Waals surface area (Å²) in [5.74, 6) is -1.77. The average Bonchev–Trinajstić information content (AvgIpc) is 1.01. The average molecular weight is 1300 g/mol. The van der Waals surface area contributed by atoms with Gasteiger partial charge in [-0.15, -0.1) is 0 Å².